The van der Waals surface area contributed by atoms with Crippen LogP contribution in [0.25, 0.3) is 11.5 Å². The summed E-state index contributed by atoms with van der Waals surface area (Å²) in [5.41, 5.74) is -0.223. The first kappa shape index (κ1) is 36.6. The number of hydrogen-bond donors (Lipinski definition) is 2. The summed E-state index contributed by atoms with van der Waals surface area (Å²) in [7, 11) is 6.08. The second kappa shape index (κ2) is 16.6. The molecule has 2 aromatic carbocycles. The zero-order valence-corrected chi connectivity index (χ0v) is 26.4. The molecule has 0 aliphatic heterocycles. The summed E-state index contributed by atoms with van der Waals surface area (Å²) in [4.78, 5) is 23.8. The summed E-state index contributed by atoms with van der Waals surface area (Å²) in [6.45, 7) is 10.8. The molecule has 0 saturated heterocycles. The average molecular weight is 593 g/mol. The van der Waals surface area contributed by atoms with Crippen LogP contribution in [0.2, 0.25) is 0 Å². The van der Waals surface area contributed by atoms with Gasteiger partial charge in [-0.1, -0.05) is 41.5 Å². The van der Waals surface area contributed by atoms with E-state index in [2.05, 4.69) is 0 Å². The van der Waals surface area contributed by atoms with Crippen LogP contribution in [0.1, 0.15) is 52.7 Å². The number of carbonyl (C=O) groups is 2. The van der Waals surface area contributed by atoms with Gasteiger partial charge in [0.05, 0.1) is 39.6 Å². The summed E-state index contributed by atoms with van der Waals surface area (Å²) in [6.07, 6.45) is 2.44. The molecule has 0 heterocycles. The Morgan fingerprint density at radius 2 is 0.925 bits per heavy atom. The van der Waals surface area contributed by atoms with E-state index in [4.69, 9.17) is 22.3 Å². The van der Waals surface area contributed by atoms with E-state index in [9.17, 15) is 19.8 Å². The molecule has 0 spiro atoms. The van der Waals surface area contributed by atoms with Gasteiger partial charge in [-0.15, -0.1) is 0 Å². The van der Waals surface area contributed by atoms with Gasteiger partial charge in [0.25, 0.3) is 0 Å². The van der Waals surface area contributed by atoms with Crippen molar-refractivity contribution in [3.8, 4) is 23.0 Å². The van der Waals surface area contributed by atoms with Gasteiger partial charge >= 0.3 is 23.7 Å². The minimum absolute atomic E-state index is 0.129. The molecule has 10 heteroatoms. The molecule has 0 unspecified atom stereocenters. The van der Waals surface area contributed by atoms with Crippen molar-refractivity contribution in [3.63, 3.8) is 0 Å². The Morgan fingerprint density at radius 3 is 1.15 bits per heavy atom. The van der Waals surface area contributed by atoms with Crippen LogP contribution in [-0.2, 0) is 33.3 Å². The van der Waals surface area contributed by atoms with E-state index in [0.717, 1.165) is 20.4 Å². The molecule has 40 heavy (non-hydrogen) atoms. The molecular formula is C30H40O9Ti. The van der Waals surface area contributed by atoms with E-state index < -0.39 is 10.8 Å². The number of aliphatic hydroxyl groups is 2. The molecule has 218 valence electrons. The van der Waals surface area contributed by atoms with Gasteiger partial charge in [-0.3, -0.25) is 9.59 Å². The number of aliphatic hydroxyl groups excluding tert-OH is 2. The van der Waals surface area contributed by atoms with Crippen LogP contribution in [0.4, 0.5) is 0 Å². The first-order valence-electron chi connectivity index (χ1n) is 12.1. The molecule has 0 aromatic heterocycles. The van der Waals surface area contributed by atoms with Crippen LogP contribution in [0.5, 0.6) is 23.0 Å². The Bertz CT molecular complexity index is 1110. The molecule has 0 fully saturated rings. The standard InChI is InChI=1S/2C15H20O4.O.Ti/c2*1-15(2,3)14(17)9-12(16)11-8-10(18-4)6-7-13(11)19-5;;/h2*6-9,16H,1-5H3;;/b2*12-9-;;. The van der Waals surface area contributed by atoms with Gasteiger partial charge in [-0.25, -0.2) is 0 Å². The van der Waals surface area contributed by atoms with E-state index >= 15 is 0 Å². The van der Waals surface area contributed by atoms with E-state index in [1.54, 1.807) is 77.9 Å². The summed E-state index contributed by atoms with van der Waals surface area (Å²) in [5.74, 6) is 1.56. The maximum absolute atomic E-state index is 11.9. The zero-order chi connectivity index (χ0) is 31.3. The molecule has 0 saturated carbocycles. The van der Waals surface area contributed by atoms with Gasteiger partial charge in [0.15, 0.2) is 11.6 Å². The molecular weight excluding hydrogens is 552 g/mol. The number of methoxy groups -OCH3 is 4. The maximum atomic E-state index is 11.9. The number of ketones is 2. The molecule has 9 nitrogen and oxygen atoms in total. The molecule has 2 aromatic rings. The SMILES string of the molecule is COc1ccc(OC)c(/C(O)=C/C(=O)C(C)(C)C)c1.COc1ccc(OC)c(/C(O)=C/C(=O)C(C)(C)C)c1.[O]=[Ti]. The third kappa shape index (κ3) is 11.4. The third-order valence-corrected chi connectivity index (χ3v) is 5.38. The van der Waals surface area contributed by atoms with Crippen molar-refractivity contribution >= 4 is 23.1 Å². The molecule has 2 N–H and O–H groups in total. The summed E-state index contributed by atoms with van der Waals surface area (Å²) in [6, 6.07) is 10.1. The second-order valence-corrected chi connectivity index (χ2v) is 10.4. The van der Waals surface area contributed by atoms with Gasteiger partial charge in [0.1, 0.15) is 34.5 Å². The Labute approximate surface area is 248 Å². The van der Waals surface area contributed by atoms with Crippen molar-refractivity contribution in [2.45, 2.75) is 41.5 Å². The normalized spacial score (nSPS) is 11.6. The fourth-order valence-corrected chi connectivity index (χ4v) is 2.87. The van der Waals surface area contributed by atoms with Crippen molar-refractivity contribution in [1.82, 2.24) is 0 Å². The summed E-state index contributed by atoms with van der Waals surface area (Å²) in [5, 5.41) is 20.2. The van der Waals surface area contributed by atoms with Gasteiger partial charge in [0.2, 0.25) is 0 Å². The Kier molecular flexibility index (Phi) is 15.2. The number of carbonyl (C=O) groups excluding carboxylic acids is 2. The summed E-state index contributed by atoms with van der Waals surface area (Å²) >= 11 is 0.750. The van der Waals surface area contributed by atoms with Crippen LogP contribution >= 0.6 is 0 Å². The quantitative estimate of drug-likeness (QED) is 0.206. The molecule has 0 aliphatic rings. The van der Waals surface area contributed by atoms with Crippen molar-refractivity contribution in [1.29, 1.82) is 0 Å². The Hall–Kier alpha value is -3.43. The number of hydrogen-bond acceptors (Lipinski definition) is 9. The van der Waals surface area contributed by atoms with Crippen LogP contribution < -0.4 is 18.9 Å². The van der Waals surface area contributed by atoms with E-state index in [1.165, 1.54) is 40.6 Å². The number of allylic oxidation sites excluding steroid dienone is 2. The van der Waals surface area contributed by atoms with Crippen LogP contribution in [0.15, 0.2) is 48.6 Å². The fourth-order valence-electron chi connectivity index (χ4n) is 2.87. The first-order chi connectivity index (χ1) is 18.6. The average Bonchev–Trinajstić information content (AvgIpc) is 2.92. The van der Waals surface area contributed by atoms with Crippen LogP contribution in [0.3, 0.4) is 0 Å². The molecule has 0 atom stereocenters. The van der Waals surface area contributed by atoms with Gasteiger partial charge in [-0.05, 0) is 36.4 Å². The van der Waals surface area contributed by atoms with E-state index in [0.29, 0.717) is 34.1 Å². The van der Waals surface area contributed by atoms with Crippen molar-refractivity contribution in [2.24, 2.45) is 10.8 Å². The number of ether oxygens (including phenoxy) is 4. The van der Waals surface area contributed by atoms with Crippen molar-refractivity contribution in [2.75, 3.05) is 28.4 Å². The molecule has 0 radical (unpaired) electrons. The minimum atomic E-state index is -0.542. The predicted octanol–water partition coefficient (Wildman–Crippen LogP) is 6.31. The van der Waals surface area contributed by atoms with Crippen LogP contribution in [-0.4, -0.2) is 50.2 Å². The van der Waals surface area contributed by atoms with Gasteiger partial charge < -0.3 is 29.2 Å². The fraction of sp³-hybridized carbons (Fsp3) is 0.400. The van der Waals surface area contributed by atoms with Crippen molar-refractivity contribution < 1.29 is 62.5 Å². The zero-order valence-electron chi connectivity index (χ0n) is 24.9. The van der Waals surface area contributed by atoms with Gasteiger partial charge in [0, 0.05) is 23.0 Å². The van der Waals surface area contributed by atoms with Crippen LogP contribution in [0, 0.1) is 10.8 Å². The third-order valence-electron chi connectivity index (χ3n) is 5.38. The number of benzene rings is 2. The second-order valence-electron chi connectivity index (χ2n) is 10.4. The monoisotopic (exact) mass is 592 g/mol. The Balaban J connectivity index is 0.000000716. The summed E-state index contributed by atoms with van der Waals surface area (Å²) < 4.78 is 28.8. The van der Waals surface area contributed by atoms with E-state index in [-0.39, 0.29) is 23.1 Å². The molecule has 0 aliphatic carbocycles. The number of rotatable bonds is 8. The first-order valence-corrected chi connectivity index (χ1v) is 12.8. The van der Waals surface area contributed by atoms with Crippen molar-refractivity contribution in [3.05, 3.63) is 59.7 Å². The molecule has 2 rings (SSSR count). The topological polar surface area (TPSA) is 129 Å². The molecule has 0 bridgehead atoms. The van der Waals surface area contributed by atoms with Gasteiger partial charge in [-0.2, -0.15) is 0 Å². The molecule has 0 amide bonds. The van der Waals surface area contributed by atoms with E-state index in [1.807, 2.05) is 0 Å². The Morgan fingerprint density at radius 1 is 0.625 bits per heavy atom. The predicted molar refractivity (Wildman–Crippen MR) is 150 cm³/mol.